The number of amides is 1. The first-order valence-corrected chi connectivity index (χ1v) is 8.03. The topological polar surface area (TPSA) is 120 Å². The third-order valence-electron chi connectivity index (χ3n) is 3.00. The maximum Gasteiger partial charge on any atom is 0.422 e. The van der Waals surface area contributed by atoms with Gasteiger partial charge in [0.2, 0.25) is 5.01 Å². The fourth-order valence-corrected chi connectivity index (χ4v) is 2.63. The number of carboxylic acids is 1. The van der Waals surface area contributed by atoms with Crippen molar-refractivity contribution >= 4 is 28.0 Å². The Bertz CT molecular complexity index is 968. The van der Waals surface area contributed by atoms with Gasteiger partial charge in [-0.05, 0) is 19.1 Å². The number of ether oxygens (including phenoxy) is 1. The monoisotopic (exact) mass is 402 g/mol. The average molecular weight is 402 g/mol. The van der Waals surface area contributed by atoms with Crippen molar-refractivity contribution in [2.75, 3.05) is 6.61 Å². The Morgan fingerprint density at radius 2 is 2.00 bits per heavy atom. The highest BCUT2D eigenvalue weighted by Crippen LogP contribution is 2.21. The predicted molar refractivity (Wildman–Crippen MR) is 89.1 cm³/mol. The molecular formula is C15H13F3N4O4S. The molecule has 27 heavy (non-hydrogen) atoms. The van der Waals surface area contributed by atoms with Gasteiger partial charge >= 0.3 is 12.1 Å². The first-order chi connectivity index (χ1) is 12.6. The SMILES string of the molecule is Cc1ncc2sc(C(=O)O)nn12.NC(=O)c1ccccc1OCC(F)(F)F. The molecule has 3 aromatic rings. The van der Waals surface area contributed by atoms with Gasteiger partial charge < -0.3 is 15.6 Å². The van der Waals surface area contributed by atoms with Crippen LogP contribution in [0.15, 0.2) is 30.5 Å². The van der Waals surface area contributed by atoms with Gasteiger partial charge in [-0.1, -0.05) is 23.5 Å². The largest absolute Gasteiger partial charge is 0.483 e. The van der Waals surface area contributed by atoms with Crippen molar-refractivity contribution < 1.29 is 32.6 Å². The van der Waals surface area contributed by atoms with Gasteiger partial charge in [0, 0.05) is 0 Å². The van der Waals surface area contributed by atoms with E-state index in [-0.39, 0.29) is 16.3 Å². The maximum atomic E-state index is 11.8. The Kier molecular flexibility index (Phi) is 6.00. The lowest BCUT2D eigenvalue weighted by atomic mass is 10.2. The van der Waals surface area contributed by atoms with Gasteiger partial charge in [0.25, 0.3) is 5.91 Å². The lowest BCUT2D eigenvalue weighted by Crippen LogP contribution is -2.21. The van der Waals surface area contributed by atoms with E-state index < -0.39 is 24.7 Å². The van der Waals surface area contributed by atoms with Crippen LogP contribution in [-0.4, -0.2) is 44.4 Å². The Labute approximate surface area is 154 Å². The van der Waals surface area contributed by atoms with Crippen LogP contribution in [-0.2, 0) is 0 Å². The number of aromatic nitrogens is 3. The van der Waals surface area contributed by atoms with E-state index in [2.05, 4.69) is 14.8 Å². The second kappa shape index (κ2) is 8.03. The fourth-order valence-electron chi connectivity index (χ4n) is 1.86. The third-order valence-corrected chi connectivity index (χ3v) is 3.93. The Balaban J connectivity index is 0.000000198. The summed E-state index contributed by atoms with van der Waals surface area (Å²) in [4.78, 5) is 26.0. The number of nitrogens with zero attached hydrogens (tertiary/aromatic N) is 3. The fraction of sp³-hybridized carbons (Fsp3) is 0.200. The quantitative estimate of drug-likeness (QED) is 0.692. The number of benzene rings is 1. The summed E-state index contributed by atoms with van der Waals surface area (Å²) in [6.07, 6.45) is -2.83. The summed E-state index contributed by atoms with van der Waals surface area (Å²) in [6.45, 7) is 0.329. The molecular weight excluding hydrogens is 389 g/mol. The number of carboxylic acid groups (broad SMARTS) is 1. The lowest BCUT2D eigenvalue weighted by Gasteiger charge is -2.11. The van der Waals surface area contributed by atoms with Crippen LogP contribution in [0.5, 0.6) is 5.75 Å². The second-order valence-electron chi connectivity index (χ2n) is 5.03. The number of hydrogen-bond donors (Lipinski definition) is 2. The molecule has 0 unspecified atom stereocenters. The average Bonchev–Trinajstić information content (AvgIpc) is 3.16. The van der Waals surface area contributed by atoms with Crippen molar-refractivity contribution in [3.05, 3.63) is 46.9 Å². The van der Waals surface area contributed by atoms with Crippen LogP contribution >= 0.6 is 11.3 Å². The number of aromatic carboxylic acids is 1. The van der Waals surface area contributed by atoms with Crippen LogP contribution in [0.4, 0.5) is 13.2 Å². The molecule has 144 valence electrons. The number of alkyl halides is 3. The van der Waals surface area contributed by atoms with E-state index >= 15 is 0 Å². The third kappa shape index (κ3) is 5.41. The number of hydrogen-bond acceptors (Lipinski definition) is 6. The van der Waals surface area contributed by atoms with Gasteiger partial charge in [0.1, 0.15) is 16.4 Å². The summed E-state index contributed by atoms with van der Waals surface area (Å²) in [5.74, 6) is -1.29. The summed E-state index contributed by atoms with van der Waals surface area (Å²) in [5.41, 5.74) is 4.89. The lowest BCUT2D eigenvalue weighted by molar-refractivity contribution is -0.153. The molecule has 0 bridgehead atoms. The van der Waals surface area contributed by atoms with Gasteiger partial charge in [-0.25, -0.2) is 14.3 Å². The van der Waals surface area contributed by atoms with Crippen LogP contribution < -0.4 is 10.5 Å². The molecule has 0 aliphatic heterocycles. The van der Waals surface area contributed by atoms with E-state index in [1.165, 1.54) is 28.8 Å². The van der Waals surface area contributed by atoms with Crippen LogP contribution in [0.25, 0.3) is 4.83 Å². The number of halogens is 3. The van der Waals surface area contributed by atoms with Crippen molar-refractivity contribution in [1.82, 2.24) is 14.6 Å². The molecule has 0 spiro atoms. The Morgan fingerprint density at radius 1 is 1.33 bits per heavy atom. The molecule has 8 nitrogen and oxygen atoms in total. The number of aryl methyl sites for hydroxylation is 1. The molecule has 0 saturated carbocycles. The molecule has 0 aliphatic carbocycles. The molecule has 12 heteroatoms. The number of para-hydroxylation sites is 1. The first-order valence-electron chi connectivity index (χ1n) is 7.21. The number of carbonyl (C=O) groups is 2. The van der Waals surface area contributed by atoms with Crippen molar-refractivity contribution in [2.45, 2.75) is 13.1 Å². The van der Waals surface area contributed by atoms with Crippen molar-refractivity contribution in [3.8, 4) is 5.75 Å². The number of imidazole rings is 1. The van der Waals surface area contributed by atoms with E-state index in [1.54, 1.807) is 13.1 Å². The van der Waals surface area contributed by atoms with E-state index in [0.717, 1.165) is 16.2 Å². The Hall–Kier alpha value is -3.15. The molecule has 1 amide bonds. The molecule has 0 fully saturated rings. The van der Waals surface area contributed by atoms with Crippen LogP contribution in [0, 0.1) is 6.92 Å². The number of nitrogens with two attached hydrogens (primary N) is 1. The van der Waals surface area contributed by atoms with Crippen molar-refractivity contribution in [1.29, 1.82) is 0 Å². The number of primary amides is 1. The second-order valence-corrected chi connectivity index (χ2v) is 6.04. The normalized spacial score (nSPS) is 11.0. The number of rotatable bonds is 4. The predicted octanol–water partition coefficient (Wildman–Crippen LogP) is 2.52. The molecule has 0 atom stereocenters. The molecule has 0 radical (unpaired) electrons. The molecule has 2 heterocycles. The highest BCUT2D eigenvalue weighted by atomic mass is 32.1. The summed E-state index contributed by atoms with van der Waals surface area (Å²) < 4.78 is 41.5. The molecule has 3 N–H and O–H groups in total. The maximum absolute atomic E-state index is 11.8. The zero-order chi connectivity index (χ0) is 20.2. The van der Waals surface area contributed by atoms with Crippen LogP contribution in [0.1, 0.15) is 26.0 Å². The molecule has 2 aromatic heterocycles. The van der Waals surface area contributed by atoms with Gasteiger partial charge in [-0.2, -0.15) is 13.2 Å². The number of fused-ring (bicyclic) bond motifs is 1. The van der Waals surface area contributed by atoms with E-state index in [0.29, 0.717) is 5.82 Å². The van der Waals surface area contributed by atoms with Gasteiger partial charge in [0.05, 0.1) is 11.8 Å². The van der Waals surface area contributed by atoms with Crippen molar-refractivity contribution in [3.63, 3.8) is 0 Å². The zero-order valence-corrected chi connectivity index (χ0v) is 14.5. The summed E-state index contributed by atoms with van der Waals surface area (Å²) in [7, 11) is 0. The zero-order valence-electron chi connectivity index (χ0n) is 13.7. The standard InChI is InChI=1S/C9H8F3NO2.C6H5N3O2S/c10-9(11,12)5-15-7-4-2-1-3-6(7)8(13)14;1-3-7-2-4-9(3)8-5(12-4)6(10)11/h1-4H,5H2,(H2,13,14);2H,1H3,(H,10,11). The number of carbonyl (C=O) groups excluding carboxylic acids is 1. The van der Waals surface area contributed by atoms with Gasteiger partial charge in [-0.3, -0.25) is 4.79 Å². The molecule has 0 aliphatic rings. The van der Waals surface area contributed by atoms with E-state index in [9.17, 15) is 22.8 Å². The summed E-state index contributed by atoms with van der Waals surface area (Å²) >= 11 is 1.12. The Morgan fingerprint density at radius 3 is 2.56 bits per heavy atom. The van der Waals surface area contributed by atoms with E-state index in [4.69, 9.17) is 10.8 Å². The van der Waals surface area contributed by atoms with Gasteiger partial charge in [0.15, 0.2) is 6.61 Å². The van der Waals surface area contributed by atoms with Crippen molar-refractivity contribution in [2.24, 2.45) is 5.73 Å². The minimum atomic E-state index is -4.44. The molecule has 0 saturated heterocycles. The van der Waals surface area contributed by atoms with Crippen LogP contribution in [0.3, 0.4) is 0 Å². The summed E-state index contributed by atoms with van der Waals surface area (Å²) in [5, 5.41) is 12.5. The molecule has 3 rings (SSSR count). The minimum absolute atomic E-state index is 0.0678. The molecule has 1 aromatic carbocycles. The smallest absolute Gasteiger partial charge is 0.422 e. The van der Waals surface area contributed by atoms with Gasteiger partial charge in [-0.15, -0.1) is 5.10 Å². The minimum Gasteiger partial charge on any atom is -0.483 e. The highest BCUT2D eigenvalue weighted by molar-refractivity contribution is 7.18. The first kappa shape index (κ1) is 20.2. The summed E-state index contributed by atoms with van der Waals surface area (Å²) in [6, 6.07) is 5.50. The van der Waals surface area contributed by atoms with Crippen LogP contribution in [0.2, 0.25) is 0 Å². The van der Waals surface area contributed by atoms with E-state index in [1.807, 2.05) is 0 Å². The highest BCUT2D eigenvalue weighted by Gasteiger charge is 2.29.